The normalized spacial score (nSPS) is 12.8. The molecule has 2 aromatic heterocycles. The van der Waals surface area contributed by atoms with Crippen molar-refractivity contribution in [2.45, 2.75) is 46.2 Å². The Hall–Kier alpha value is -1.07. The van der Waals surface area contributed by atoms with Gasteiger partial charge in [-0.2, -0.15) is 5.10 Å². The van der Waals surface area contributed by atoms with Gasteiger partial charge in [-0.25, -0.2) is 0 Å². The Morgan fingerprint density at radius 3 is 2.80 bits per heavy atom. The Morgan fingerprint density at radius 1 is 1.40 bits per heavy atom. The van der Waals surface area contributed by atoms with Crippen molar-refractivity contribution in [3.63, 3.8) is 0 Å². The molecule has 0 fully saturated rings. The molecular formula is C15H22BrN3O. The van der Waals surface area contributed by atoms with Crippen molar-refractivity contribution in [1.82, 2.24) is 15.1 Å². The molecule has 1 unspecified atom stereocenters. The zero-order chi connectivity index (χ0) is 14.5. The van der Waals surface area contributed by atoms with Crippen LogP contribution in [0.1, 0.15) is 43.5 Å². The van der Waals surface area contributed by atoms with Crippen molar-refractivity contribution in [3.05, 3.63) is 40.0 Å². The molecule has 0 aliphatic rings. The molecule has 5 heteroatoms. The summed E-state index contributed by atoms with van der Waals surface area (Å²) in [6.45, 7) is 8.19. The van der Waals surface area contributed by atoms with E-state index >= 15 is 0 Å². The van der Waals surface area contributed by atoms with Gasteiger partial charge in [0.1, 0.15) is 5.76 Å². The molecule has 0 spiro atoms. The van der Waals surface area contributed by atoms with Crippen LogP contribution in [0, 0.1) is 6.92 Å². The van der Waals surface area contributed by atoms with Crippen LogP contribution in [-0.2, 0) is 13.0 Å². The number of aryl methyl sites for hydroxylation is 2. The minimum atomic E-state index is 0.183. The number of nitrogens with one attached hydrogen (secondary N) is 1. The van der Waals surface area contributed by atoms with E-state index in [1.54, 1.807) is 0 Å². The number of rotatable bonds is 7. The molecule has 0 saturated carbocycles. The fraction of sp³-hybridized carbons (Fsp3) is 0.533. The average Bonchev–Trinajstić information content (AvgIpc) is 3.00. The van der Waals surface area contributed by atoms with Gasteiger partial charge in [-0.15, -0.1) is 0 Å². The van der Waals surface area contributed by atoms with E-state index in [4.69, 9.17) is 4.42 Å². The second-order valence-corrected chi connectivity index (χ2v) is 5.73. The summed E-state index contributed by atoms with van der Waals surface area (Å²) < 4.78 is 8.56. The molecule has 0 saturated heterocycles. The second kappa shape index (κ2) is 7.09. The maximum absolute atomic E-state index is 5.72. The van der Waals surface area contributed by atoms with E-state index in [0.717, 1.165) is 42.1 Å². The van der Waals surface area contributed by atoms with Crippen LogP contribution >= 0.6 is 15.9 Å². The maximum Gasteiger partial charge on any atom is 0.169 e. The van der Waals surface area contributed by atoms with Crippen molar-refractivity contribution in [2.24, 2.45) is 0 Å². The quantitative estimate of drug-likeness (QED) is 0.833. The van der Waals surface area contributed by atoms with Gasteiger partial charge in [0, 0.05) is 18.7 Å². The first-order chi connectivity index (χ1) is 9.63. The lowest BCUT2D eigenvalue weighted by Gasteiger charge is -2.16. The van der Waals surface area contributed by atoms with Gasteiger partial charge < -0.3 is 9.73 Å². The average molecular weight is 340 g/mol. The molecule has 4 nitrogen and oxygen atoms in total. The van der Waals surface area contributed by atoms with Crippen molar-refractivity contribution in [3.8, 4) is 0 Å². The maximum atomic E-state index is 5.72. The molecule has 1 atom stereocenters. The van der Waals surface area contributed by atoms with Crippen LogP contribution in [0.5, 0.6) is 0 Å². The molecule has 2 heterocycles. The Kier molecular flexibility index (Phi) is 5.43. The molecule has 0 amide bonds. The number of hydrogen-bond donors (Lipinski definition) is 1. The third kappa shape index (κ3) is 3.73. The fourth-order valence-electron chi connectivity index (χ4n) is 2.35. The third-order valence-corrected chi connectivity index (χ3v) is 3.70. The lowest BCUT2D eigenvalue weighted by Crippen LogP contribution is -2.24. The van der Waals surface area contributed by atoms with Crippen LogP contribution < -0.4 is 5.32 Å². The Balaban J connectivity index is 2.18. The third-order valence-electron chi connectivity index (χ3n) is 3.28. The van der Waals surface area contributed by atoms with Gasteiger partial charge in [-0.05, 0) is 60.9 Å². The summed E-state index contributed by atoms with van der Waals surface area (Å²) in [5.41, 5.74) is 2.31. The molecule has 0 aliphatic heterocycles. The van der Waals surface area contributed by atoms with Crippen LogP contribution in [0.25, 0.3) is 0 Å². The molecule has 20 heavy (non-hydrogen) atoms. The highest BCUT2D eigenvalue weighted by molar-refractivity contribution is 9.10. The van der Waals surface area contributed by atoms with Gasteiger partial charge in [0.05, 0.1) is 11.7 Å². The molecule has 1 N–H and O–H groups in total. The smallest absolute Gasteiger partial charge is 0.169 e. The van der Waals surface area contributed by atoms with Crippen molar-refractivity contribution < 1.29 is 4.42 Å². The van der Waals surface area contributed by atoms with Crippen molar-refractivity contribution in [2.75, 3.05) is 6.54 Å². The summed E-state index contributed by atoms with van der Waals surface area (Å²) in [5.74, 6) is 0.965. The van der Waals surface area contributed by atoms with E-state index in [9.17, 15) is 0 Å². The highest BCUT2D eigenvalue weighted by Gasteiger charge is 2.18. The first kappa shape index (κ1) is 15.3. The number of hydrogen-bond acceptors (Lipinski definition) is 3. The zero-order valence-corrected chi connectivity index (χ0v) is 13.9. The van der Waals surface area contributed by atoms with E-state index in [1.807, 2.05) is 19.1 Å². The SMILES string of the molecule is CCCNC(Cc1cc(C)nn1CC)c1ccc(Br)o1. The standard InChI is InChI=1S/C15H22BrN3O/c1-4-8-17-13(14-6-7-15(16)20-14)10-12-9-11(3)18-19(12)5-2/h6-7,9,13,17H,4-5,8,10H2,1-3H3. The monoisotopic (exact) mass is 339 g/mol. The highest BCUT2D eigenvalue weighted by atomic mass is 79.9. The minimum Gasteiger partial charge on any atom is -0.453 e. The van der Waals surface area contributed by atoms with Crippen molar-refractivity contribution in [1.29, 1.82) is 0 Å². The van der Waals surface area contributed by atoms with E-state index in [0.29, 0.717) is 0 Å². The number of aromatic nitrogens is 2. The Bertz CT molecular complexity index is 547. The van der Waals surface area contributed by atoms with Gasteiger partial charge in [0.15, 0.2) is 4.67 Å². The Labute approximate surface area is 128 Å². The summed E-state index contributed by atoms with van der Waals surface area (Å²) in [5, 5.41) is 8.06. The lowest BCUT2D eigenvalue weighted by molar-refractivity contribution is 0.393. The van der Waals surface area contributed by atoms with Crippen LogP contribution in [-0.4, -0.2) is 16.3 Å². The van der Waals surface area contributed by atoms with E-state index in [1.165, 1.54) is 5.69 Å². The van der Waals surface area contributed by atoms with Gasteiger partial charge in [0.2, 0.25) is 0 Å². The fourth-order valence-corrected chi connectivity index (χ4v) is 2.67. The summed E-state index contributed by atoms with van der Waals surface area (Å²) in [6, 6.07) is 6.31. The zero-order valence-electron chi connectivity index (χ0n) is 12.3. The first-order valence-corrected chi connectivity index (χ1v) is 7.95. The van der Waals surface area contributed by atoms with Gasteiger partial charge in [-0.3, -0.25) is 4.68 Å². The molecule has 0 aromatic carbocycles. The van der Waals surface area contributed by atoms with Gasteiger partial charge in [0.25, 0.3) is 0 Å². The Morgan fingerprint density at radius 2 is 2.20 bits per heavy atom. The number of halogens is 1. The molecule has 0 aliphatic carbocycles. The van der Waals surface area contributed by atoms with Crippen LogP contribution in [0.3, 0.4) is 0 Å². The molecule has 0 radical (unpaired) electrons. The predicted molar refractivity (Wildman–Crippen MR) is 83.8 cm³/mol. The van der Waals surface area contributed by atoms with E-state index in [2.05, 4.69) is 50.9 Å². The number of nitrogens with zero attached hydrogens (tertiary/aromatic N) is 2. The minimum absolute atomic E-state index is 0.183. The van der Waals surface area contributed by atoms with Crippen LogP contribution in [0.2, 0.25) is 0 Å². The second-order valence-electron chi connectivity index (χ2n) is 4.95. The molecule has 110 valence electrons. The summed E-state index contributed by atoms with van der Waals surface area (Å²) >= 11 is 3.37. The highest BCUT2D eigenvalue weighted by Crippen LogP contribution is 2.24. The summed E-state index contributed by atoms with van der Waals surface area (Å²) in [7, 11) is 0. The topological polar surface area (TPSA) is 43.0 Å². The molecule has 2 rings (SSSR count). The largest absolute Gasteiger partial charge is 0.453 e. The van der Waals surface area contributed by atoms with Gasteiger partial charge >= 0.3 is 0 Å². The summed E-state index contributed by atoms with van der Waals surface area (Å²) in [6.07, 6.45) is 1.99. The molecular weight excluding hydrogens is 318 g/mol. The lowest BCUT2D eigenvalue weighted by atomic mass is 10.1. The van der Waals surface area contributed by atoms with E-state index < -0.39 is 0 Å². The van der Waals surface area contributed by atoms with Gasteiger partial charge in [-0.1, -0.05) is 6.92 Å². The molecule has 0 bridgehead atoms. The number of furan rings is 1. The summed E-state index contributed by atoms with van der Waals surface area (Å²) in [4.78, 5) is 0. The predicted octanol–water partition coefficient (Wildman–Crippen LogP) is 3.85. The van der Waals surface area contributed by atoms with E-state index in [-0.39, 0.29) is 6.04 Å². The first-order valence-electron chi connectivity index (χ1n) is 7.16. The molecule has 2 aromatic rings. The van der Waals surface area contributed by atoms with Crippen LogP contribution in [0.15, 0.2) is 27.3 Å². The van der Waals surface area contributed by atoms with Crippen LogP contribution in [0.4, 0.5) is 0 Å². The van der Waals surface area contributed by atoms with Crippen molar-refractivity contribution >= 4 is 15.9 Å².